The Bertz CT molecular complexity index is 614. The molecule has 1 aromatic rings. The van der Waals surface area contributed by atoms with Crippen LogP contribution in [-0.4, -0.2) is 42.6 Å². The zero-order chi connectivity index (χ0) is 16.2. The molecule has 0 spiro atoms. The van der Waals surface area contributed by atoms with E-state index in [1.54, 1.807) is 20.1 Å². The highest BCUT2D eigenvalue weighted by molar-refractivity contribution is 7.99. The van der Waals surface area contributed by atoms with Gasteiger partial charge in [-0.2, -0.15) is 11.8 Å². The zero-order valence-electron chi connectivity index (χ0n) is 11.9. The van der Waals surface area contributed by atoms with Gasteiger partial charge in [-0.25, -0.2) is 13.1 Å². The number of rotatable bonds is 7. The van der Waals surface area contributed by atoms with Crippen molar-refractivity contribution in [3.8, 4) is 0 Å². The van der Waals surface area contributed by atoms with Gasteiger partial charge in [-0.1, -0.05) is 6.07 Å². The predicted octanol–water partition coefficient (Wildman–Crippen LogP) is 1.29. The summed E-state index contributed by atoms with van der Waals surface area (Å²) in [6, 6.07) is 3.26. The molecular weight excluding hydrogens is 316 g/mol. The number of thioether (sulfide) groups is 1. The summed E-state index contributed by atoms with van der Waals surface area (Å²) in [5.74, 6) is 0. The largest absolute Gasteiger partial charge is 0.395 e. The summed E-state index contributed by atoms with van der Waals surface area (Å²) in [7, 11) is -3.88. The van der Waals surface area contributed by atoms with Crippen molar-refractivity contribution >= 4 is 27.5 Å². The van der Waals surface area contributed by atoms with Crippen LogP contribution in [0.3, 0.4) is 0 Å². The first kappa shape index (κ1) is 17.9. The molecule has 0 heterocycles. The summed E-state index contributed by atoms with van der Waals surface area (Å²) in [6.07, 6.45) is 1.77. The van der Waals surface area contributed by atoms with Crippen LogP contribution in [0, 0.1) is 17.0 Å². The molecule has 0 aliphatic heterocycles. The normalized spacial score (nSPS) is 14.7. The van der Waals surface area contributed by atoms with Gasteiger partial charge in [-0.05, 0) is 26.2 Å². The maximum absolute atomic E-state index is 12.2. The third-order valence-electron chi connectivity index (χ3n) is 3.07. The number of benzene rings is 1. The Morgan fingerprint density at radius 1 is 1.48 bits per heavy atom. The van der Waals surface area contributed by atoms with Gasteiger partial charge in [0.1, 0.15) is 0 Å². The molecule has 9 heteroatoms. The Balaban J connectivity index is 3.09. The van der Waals surface area contributed by atoms with E-state index in [9.17, 15) is 23.6 Å². The minimum Gasteiger partial charge on any atom is -0.395 e. The van der Waals surface area contributed by atoms with Crippen molar-refractivity contribution in [3.05, 3.63) is 33.9 Å². The Morgan fingerprint density at radius 2 is 2.10 bits per heavy atom. The molecule has 2 N–H and O–H groups in total. The number of nitrogens with zero attached hydrogens (tertiary/aromatic N) is 1. The van der Waals surface area contributed by atoms with Crippen molar-refractivity contribution in [2.45, 2.75) is 30.0 Å². The summed E-state index contributed by atoms with van der Waals surface area (Å²) in [6.45, 7) is 3.01. The van der Waals surface area contributed by atoms with Gasteiger partial charge in [0, 0.05) is 22.9 Å². The highest BCUT2D eigenvalue weighted by atomic mass is 32.2. The Hall–Kier alpha value is -1.16. The maximum Gasteiger partial charge on any atom is 0.273 e. The second kappa shape index (κ2) is 7.21. The summed E-state index contributed by atoms with van der Waals surface area (Å²) in [4.78, 5) is 10.1. The molecule has 0 aliphatic rings. The number of sulfonamides is 1. The lowest BCUT2D eigenvalue weighted by atomic mass is 10.2. The third kappa shape index (κ3) is 4.40. The van der Waals surface area contributed by atoms with Gasteiger partial charge in [0.15, 0.2) is 0 Å². The summed E-state index contributed by atoms with van der Waals surface area (Å²) >= 11 is 1.34. The van der Waals surface area contributed by atoms with E-state index in [4.69, 9.17) is 0 Å². The topological polar surface area (TPSA) is 110 Å². The maximum atomic E-state index is 12.2. The average molecular weight is 334 g/mol. The minimum absolute atomic E-state index is 0.163. The van der Waals surface area contributed by atoms with E-state index >= 15 is 0 Å². The summed E-state index contributed by atoms with van der Waals surface area (Å²) < 4.78 is 26.9. The number of nitrogens with one attached hydrogen (secondary N) is 1. The van der Waals surface area contributed by atoms with Gasteiger partial charge in [0.2, 0.25) is 10.0 Å². The molecule has 0 aromatic heterocycles. The molecule has 0 saturated carbocycles. The fourth-order valence-electron chi connectivity index (χ4n) is 1.78. The highest BCUT2D eigenvalue weighted by Gasteiger charge is 2.25. The van der Waals surface area contributed by atoms with Crippen LogP contribution in [0.4, 0.5) is 5.69 Å². The number of hydrogen-bond acceptors (Lipinski definition) is 6. The van der Waals surface area contributed by atoms with Gasteiger partial charge in [0.25, 0.3) is 5.69 Å². The lowest BCUT2D eigenvalue weighted by Gasteiger charge is -2.21. The van der Waals surface area contributed by atoms with Crippen LogP contribution >= 0.6 is 11.8 Å². The third-order valence-corrected chi connectivity index (χ3v) is 5.79. The fraction of sp³-hybridized carbons (Fsp3) is 0.500. The van der Waals surface area contributed by atoms with Crippen LogP contribution in [-0.2, 0) is 10.0 Å². The quantitative estimate of drug-likeness (QED) is 0.574. The predicted molar refractivity (Wildman–Crippen MR) is 82.0 cm³/mol. The monoisotopic (exact) mass is 334 g/mol. The second-order valence-corrected chi connectivity index (χ2v) is 7.36. The fourth-order valence-corrected chi connectivity index (χ4v) is 3.79. The van der Waals surface area contributed by atoms with Crippen LogP contribution in [0.25, 0.3) is 0 Å². The van der Waals surface area contributed by atoms with E-state index in [1.165, 1.54) is 23.9 Å². The van der Waals surface area contributed by atoms with Crippen molar-refractivity contribution in [1.29, 1.82) is 0 Å². The Morgan fingerprint density at radius 3 is 2.57 bits per heavy atom. The molecule has 1 rings (SSSR count). The standard InChI is InChI=1S/C12H18N2O5S2/c1-8-4-5-10(6-11(8)14(16)17)21(18,19)13-9(2)12(7-15)20-3/h4-6,9,12-13,15H,7H2,1-3H3. The molecule has 0 bridgehead atoms. The van der Waals surface area contributed by atoms with E-state index in [0.29, 0.717) is 5.56 Å². The van der Waals surface area contributed by atoms with Crippen LogP contribution < -0.4 is 4.72 Å². The Kier molecular flexibility index (Phi) is 6.14. The van der Waals surface area contributed by atoms with E-state index in [0.717, 1.165) is 6.07 Å². The van der Waals surface area contributed by atoms with Gasteiger partial charge >= 0.3 is 0 Å². The number of nitro benzene ring substituents is 1. The molecule has 0 radical (unpaired) electrons. The van der Waals surface area contributed by atoms with Crippen LogP contribution in [0.15, 0.2) is 23.1 Å². The van der Waals surface area contributed by atoms with E-state index in [-0.39, 0.29) is 22.4 Å². The second-order valence-electron chi connectivity index (χ2n) is 4.57. The van der Waals surface area contributed by atoms with E-state index < -0.39 is 21.0 Å². The van der Waals surface area contributed by atoms with Crippen molar-refractivity contribution in [2.24, 2.45) is 0 Å². The molecule has 0 saturated heterocycles. The minimum atomic E-state index is -3.88. The van der Waals surface area contributed by atoms with Crippen molar-refractivity contribution in [1.82, 2.24) is 4.72 Å². The van der Waals surface area contributed by atoms with Crippen molar-refractivity contribution in [2.75, 3.05) is 12.9 Å². The molecule has 118 valence electrons. The molecule has 0 aliphatic carbocycles. The molecule has 0 fully saturated rings. The van der Waals surface area contributed by atoms with Gasteiger partial charge < -0.3 is 5.11 Å². The smallest absolute Gasteiger partial charge is 0.273 e. The first-order chi connectivity index (χ1) is 9.72. The zero-order valence-corrected chi connectivity index (χ0v) is 13.6. The number of aliphatic hydroxyl groups excluding tert-OH is 1. The molecule has 2 unspecified atom stereocenters. The lowest BCUT2D eigenvalue weighted by Crippen LogP contribution is -2.41. The van der Waals surface area contributed by atoms with Crippen LogP contribution in [0.1, 0.15) is 12.5 Å². The molecule has 7 nitrogen and oxygen atoms in total. The molecule has 21 heavy (non-hydrogen) atoms. The first-order valence-electron chi connectivity index (χ1n) is 6.14. The number of nitro groups is 1. The molecule has 2 atom stereocenters. The SMILES string of the molecule is CSC(CO)C(C)NS(=O)(=O)c1ccc(C)c([N+](=O)[O-])c1. The molecule has 1 aromatic carbocycles. The molecule has 0 amide bonds. The van der Waals surface area contributed by atoms with Gasteiger partial charge in [-0.3, -0.25) is 10.1 Å². The Labute approximate surface area is 128 Å². The van der Waals surface area contributed by atoms with E-state index in [1.807, 2.05) is 0 Å². The lowest BCUT2D eigenvalue weighted by molar-refractivity contribution is -0.385. The first-order valence-corrected chi connectivity index (χ1v) is 8.91. The van der Waals surface area contributed by atoms with E-state index in [2.05, 4.69) is 4.72 Å². The van der Waals surface area contributed by atoms with Gasteiger partial charge in [-0.15, -0.1) is 0 Å². The molecular formula is C12H18N2O5S2. The van der Waals surface area contributed by atoms with Crippen molar-refractivity contribution < 1.29 is 18.4 Å². The van der Waals surface area contributed by atoms with Crippen molar-refractivity contribution in [3.63, 3.8) is 0 Å². The summed E-state index contributed by atoms with van der Waals surface area (Å²) in [5.41, 5.74) is 0.151. The average Bonchev–Trinajstić information content (AvgIpc) is 2.39. The van der Waals surface area contributed by atoms with Gasteiger partial charge in [0.05, 0.1) is 16.4 Å². The number of hydrogen-bond donors (Lipinski definition) is 2. The summed E-state index contributed by atoms with van der Waals surface area (Å²) in [5, 5.41) is 19.8. The number of aryl methyl sites for hydroxylation is 1. The van der Waals surface area contributed by atoms with Crippen LogP contribution in [0.2, 0.25) is 0 Å². The van der Waals surface area contributed by atoms with Crippen LogP contribution in [0.5, 0.6) is 0 Å². The highest BCUT2D eigenvalue weighted by Crippen LogP contribution is 2.23. The number of aliphatic hydroxyl groups is 1.